The summed E-state index contributed by atoms with van der Waals surface area (Å²) in [6, 6.07) is 0. The molecule has 0 saturated carbocycles. The van der Waals surface area contributed by atoms with E-state index in [1.165, 1.54) is 49.5 Å². The smallest absolute Gasteiger partial charge is 0.107 e. The molecule has 0 spiro atoms. The summed E-state index contributed by atoms with van der Waals surface area (Å²) < 4.78 is 0. The van der Waals surface area contributed by atoms with E-state index in [-0.39, 0.29) is 5.54 Å². The molecule has 4 heteroatoms. The van der Waals surface area contributed by atoms with Crippen LogP contribution in [-0.4, -0.2) is 28.5 Å². The van der Waals surface area contributed by atoms with Crippen LogP contribution in [0.1, 0.15) is 64.1 Å². The van der Waals surface area contributed by atoms with Gasteiger partial charge in [0, 0.05) is 24.0 Å². The molecule has 3 nitrogen and oxygen atoms in total. The second-order valence-corrected chi connectivity index (χ2v) is 8.26. The Labute approximate surface area is 134 Å². The normalized spacial score (nSPS) is 21.4. The molecule has 21 heavy (non-hydrogen) atoms. The Morgan fingerprint density at radius 2 is 2.14 bits per heavy atom. The summed E-state index contributed by atoms with van der Waals surface area (Å²) in [6.45, 7) is 13.3. The van der Waals surface area contributed by atoms with Crippen LogP contribution in [0.3, 0.4) is 0 Å². The van der Waals surface area contributed by atoms with E-state index in [2.05, 4.69) is 43.3 Å². The Morgan fingerprint density at radius 3 is 2.86 bits per heavy atom. The molecule has 1 unspecified atom stereocenters. The molecule has 1 aliphatic rings. The van der Waals surface area contributed by atoms with Gasteiger partial charge in [0.25, 0.3) is 0 Å². The van der Waals surface area contributed by atoms with E-state index >= 15 is 0 Å². The lowest BCUT2D eigenvalue weighted by Gasteiger charge is -2.19. The average molecular weight is 310 g/mol. The number of nitrogens with zero attached hydrogens (tertiary/aromatic N) is 2. The number of rotatable bonds is 5. The molecule has 1 saturated heterocycles. The van der Waals surface area contributed by atoms with Crippen LogP contribution in [0.4, 0.5) is 0 Å². The van der Waals surface area contributed by atoms with Crippen molar-refractivity contribution in [2.24, 2.45) is 5.92 Å². The summed E-state index contributed by atoms with van der Waals surface area (Å²) in [7, 11) is 0. The van der Waals surface area contributed by atoms with Gasteiger partial charge in [0.05, 0.1) is 5.69 Å². The van der Waals surface area contributed by atoms with Crippen LogP contribution in [0.2, 0.25) is 0 Å². The quantitative estimate of drug-likeness (QED) is 0.889. The number of aromatic nitrogens is 1. The van der Waals surface area contributed by atoms with Gasteiger partial charge in [-0.1, -0.05) is 13.3 Å². The summed E-state index contributed by atoms with van der Waals surface area (Å²) in [5.74, 6) is 0.942. The van der Waals surface area contributed by atoms with Crippen LogP contribution in [0, 0.1) is 5.92 Å². The van der Waals surface area contributed by atoms with Gasteiger partial charge in [-0.2, -0.15) is 0 Å². The minimum atomic E-state index is 0.159. The van der Waals surface area contributed by atoms with Crippen LogP contribution >= 0.6 is 11.3 Å². The molecule has 1 aromatic rings. The first-order chi connectivity index (χ1) is 9.96. The van der Waals surface area contributed by atoms with Crippen LogP contribution in [0.25, 0.3) is 0 Å². The Hall–Kier alpha value is -0.450. The van der Waals surface area contributed by atoms with Crippen LogP contribution < -0.4 is 5.32 Å². The van der Waals surface area contributed by atoms with E-state index in [1.807, 2.05) is 0 Å². The second-order valence-electron chi connectivity index (χ2n) is 7.32. The molecule has 0 aliphatic carbocycles. The van der Waals surface area contributed by atoms with Gasteiger partial charge >= 0.3 is 0 Å². The van der Waals surface area contributed by atoms with Crippen LogP contribution in [0.5, 0.6) is 0 Å². The summed E-state index contributed by atoms with van der Waals surface area (Å²) >= 11 is 1.79. The van der Waals surface area contributed by atoms with Crippen molar-refractivity contribution in [2.45, 2.75) is 72.0 Å². The molecule has 1 atom stereocenters. The molecule has 0 aromatic carbocycles. The van der Waals surface area contributed by atoms with Crippen molar-refractivity contribution in [1.29, 1.82) is 0 Å². The molecule has 120 valence electrons. The summed E-state index contributed by atoms with van der Waals surface area (Å²) in [5, 5.41) is 6.96. The third kappa shape index (κ3) is 6.05. The Morgan fingerprint density at radius 1 is 1.33 bits per heavy atom. The lowest BCUT2D eigenvalue weighted by atomic mass is 9.98. The van der Waals surface area contributed by atoms with Gasteiger partial charge < -0.3 is 5.32 Å². The third-order valence-corrected chi connectivity index (χ3v) is 5.17. The van der Waals surface area contributed by atoms with Crippen molar-refractivity contribution >= 4 is 11.3 Å². The fraction of sp³-hybridized carbons (Fsp3) is 0.824. The number of hydrogen-bond acceptors (Lipinski definition) is 4. The highest BCUT2D eigenvalue weighted by Gasteiger charge is 2.17. The fourth-order valence-corrected chi connectivity index (χ4v) is 3.59. The van der Waals surface area contributed by atoms with Gasteiger partial charge in [-0.25, -0.2) is 4.98 Å². The Kier molecular flexibility index (Phi) is 6.20. The summed E-state index contributed by atoms with van der Waals surface area (Å²) in [5.41, 5.74) is 1.41. The largest absolute Gasteiger partial charge is 0.306 e. The molecule has 2 rings (SSSR count). The maximum atomic E-state index is 4.79. The highest BCUT2D eigenvalue weighted by molar-refractivity contribution is 7.09. The lowest BCUT2D eigenvalue weighted by molar-refractivity contribution is 0.269. The zero-order chi connectivity index (χ0) is 15.3. The molecule has 1 aromatic heterocycles. The molecule has 1 fully saturated rings. The zero-order valence-corrected chi connectivity index (χ0v) is 14.9. The van der Waals surface area contributed by atoms with Gasteiger partial charge in [0.2, 0.25) is 0 Å². The van der Waals surface area contributed by atoms with Gasteiger partial charge in [-0.15, -0.1) is 11.3 Å². The molecule has 1 aliphatic heterocycles. The Balaban J connectivity index is 1.82. The van der Waals surface area contributed by atoms with E-state index in [0.717, 1.165) is 19.0 Å². The van der Waals surface area contributed by atoms with Crippen LogP contribution in [0.15, 0.2) is 5.38 Å². The first-order valence-corrected chi connectivity index (χ1v) is 9.25. The van der Waals surface area contributed by atoms with Crippen LogP contribution in [-0.2, 0) is 13.1 Å². The minimum absolute atomic E-state index is 0.159. The maximum Gasteiger partial charge on any atom is 0.107 e. The first kappa shape index (κ1) is 16.9. The van der Waals surface area contributed by atoms with Crippen molar-refractivity contribution in [2.75, 3.05) is 13.1 Å². The maximum absolute atomic E-state index is 4.79. The van der Waals surface area contributed by atoms with Crippen molar-refractivity contribution in [3.63, 3.8) is 0 Å². The number of likely N-dealkylation sites (tertiary alicyclic amines) is 1. The van der Waals surface area contributed by atoms with Gasteiger partial charge in [-0.3, -0.25) is 4.90 Å². The number of thiazole rings is 1. The zero-order valence-electron chi connectivity index (χ0n) is 14.1. The van der Waals surface area contributed by atoms with Gasteiger partial charge in [0.1, 0.15) is 5.01 Å². The predicted molar refractivity (Wildman–Crippen MR) is 91.6 cm³/mol. The SMILES string of the molecule is CCC1CCCN(Cc2csc(CNC(C)(C)C)n2)CC1. The van der Waals surface area contributed by atoms with Crippen molar-refractivity contribution in [3.8, 4) is 0 Å². The predicted octanol–water partition coefficient (Wildman–Crippen LogP) is 4.04. The van der Waals surface area contributed by atoms with E-state index in [0.29, 0.717) is 0 Å². The third-order valence-electron chi connectivity index (χ3n) is 4.27. The average Bonchev–Trinajstić information content (AvgIpc) is 2.74. The lowest BCUT2D eigenvalue weighted by Crippen LogP contribution is -2.35. The first-order valence-electron chi connectivity index (χ1n) is 8.37. The number of hydrogen-bond donors (Lipinski definition) is 1. The molecule has 1 N–H and O–H groups in total. The molecular weight excluding hydrogens is 278 g/mol. The standard InChI is InChI=1S/C17H31N3S/c1-5-14-7-6-9-20(10-8-14)12-15-13-21-16(19-15)11-18-17(2,3)4/h13-14,18H,5-12H2,1-4H3. The summed E-state index contributed by atoms with van der Waals surface area (Å²) in [4.78, 5) is 7.38. The topological polar surface area (TPSA) is 28.2 Å². The summed E-state index contributed by atoms with van der Waals surface area (Å²) in [6.07, 6.45) is 5.46. The van der Waals surface area contributed by atoms with E-state index < -0.39 is 0 Å². The van der Waals surface area contributed by atoms with Crippen molar-refractivity contribution in [3.05, 3.63) is 16.1 Å². The molecule has 0 radical (unpaired) electrons. The molecule has 2 heterocycles. The Bertz CT molecular complexity index is 422. The van der Waals surface area contributed by atoms with E-state index in [4.69, 9.17) is 4.98 Å². The van der Waals surface area contributed by atoms with E-state index in [1.54, 1.807) is 11.3 Å². The monoisotopic (exact) mass is 309 g/mol. The minimum Gasteiger partial charge on any atom is -0.306 e. The molecule has 0 bridgehead atoms. The molecule has 0 amide bonds. The fourth-order valence-electron chi connectivity index (χ4n) is 2.86. The van der Waals surface area contributed by atoms with Crippen molar-refractivity contribution in [1.82, 2.24) is 15.2 Å². The van der Waals surface area contributed by atoms with Crippen molar-refractivity contribution < 1.29 is 0 Å². The van der Waals surface area contributed by atoms with Gasteiger partial charge in [0.15, 0.2) is 0 Å². The second kappa shape index (κ2) is 7.70. The highest BCUT2D eigenvalue weighted by atomic mass is 32.1. The highest BCUT2D eigenvalue weighted by Crippen LogP contribution is 2.22. The molecular formula is C17H31N3S. The van der Waals surface area contributed by atoms with E-state index in [9.17, 15) is 0 Å². The van der Waals surface area contributed by atoms with Gasteiger partial charge in [-0.05, 0) is 59.0 Å². The number of nitrogens with one attached hydrogen (secondary N) is 1.